The molecule has 0 unspecified atom stereocenters. The number of carbonyl (C=O) groups excluding carboxylic acids is 3. The number of likely N-dealkylation sites (tertiary alicyclic amines) is 1. The lowest BCUT2D eigenvalue weighted by Gasteiger charge is -2.44. The summed E-state index contributed by atoms with van der Waals surface area (Å²) in [6, 6.07) is 15.8. The second kappa shape index (κ2) is 10.9. The van der Waals surface area contributed by atoms with Crippen molar-refractivity contribution in [2.24, 2.45) is 0 Å². The average Bonchev–Trinajstić information content (AvgIpc) is 3.26. The van der Waals surface area contributed by atoms with Crippen LogP contribution in [0.15, 0.2) is 54.6 Å². The maximum absolute atomic E-state index is 13.7. The molecule has 2 aromatic carbocycles. The van der Waals surface area contributed by atoms with Crippen LogP contribution in [0.5, 0.6) is 5.75 Å². The van der Waals surface area contributed by atoms with E-state index in [0.29, 0.717) is 50.2 Å². The van der Waals surface area contributed by atoms with Gasteiger partial charge >= 0.3 is 0 Å². The van der Waals surface area contributed by atoms with Crippen molar-refractivity contribution in [2.45, 2.75) is 44.4 Å². The van der Waals surface area contributed by atoms with E-state index in [9.17, 15) is 14.4 Å². The van der Waals surface area contributed by atoms with Crippen LogP contribution in [0.4, 0.5) is 0 Å². The first-order valence-corrected chi connectivity index (χ1v) is 12.2. The van der Waals surface area contributed by atoms with E-state index in [0.717, 1.165) is 12.0 Å². The molecule has 1 N–H and O–H groups in total. The van der Waals surface area contributed by atoms with Crippen LogP contribution >= 0.6 is 0 Å². The van der Waals surface area contributed by atoms with Crippen LogP contribution in [0.25, 0.3) is 0 Å². The number of nitrogens with zero attached hydrogens (tertiary/aromatic N) is 2. The normalized spacial score (nSPS) is 19.0. The van der Waals surface area contributed by atoms with Gasteiger partial charge in [0.1, 0.15) is 17.5 Å². The first-order chi connectivity index (χ1) is 17.0. The minimum Gasteiger partial charge on any atom is -0.497 e. The van der Waals surface area contributed by atoms with Crippen molar-refractivity contribution in [3.05, 3.63) is 65.7 Å². The van der Waals surface area contributed by atoms with Gasteiger partial charge in [-0.3, -0.25) is 19.3 Å². The molecule has 2 aliphatic heterocycles. The van der Waals surface area contributed by atoms with Gasteiger partial charge in [0.2, 0.25) is 11.8 Å². The molecule has 8 nitrogen and oxygen atoms in total. The van der Waals surface area contributed by atoms with Crippen molar-refractivity contribution in [3.63, 3.8) is 0 Å². The van der Waals surface area contributed by atoms with Crippen LogP contribution in [0.1, 0.15) is 42.1 Å². The van der Waals surface area contributed by atoms with Crippen molar-refractivity contribution in [1.82, 2.24) is 15.1 Å². The Bertz CT molecular complexity index is 1030. The van der Waals surface area contributed by atoms with Crippen LogP contribution < -0.4 is 10.1 Å². The monoisotopic (exact) mass is 479 g/mol. The fraction of sp³-hybridized carbons (Fsp3) is 0.444. The quantitative estimate of drug-likeness (QED) is 0.660. The molecule has 8 heteroatoms. The summed E-state index contributed by atoms with van der Waals surface area (Å²) in [5, 5.41) is 2.91. The number of amides is 3. The summed E-state index contributed by atoms with van der Waals surface area (Å²) >= 11 is 0. The zero-order valence-electron chi connectivity index (χ0n) is 20.4. The van der Waals surface area contributed by atoms with Crippen LogP contribution in [0.2, 0.25) is 0 Å². The molecule has 3 amide bonds. The molecule has 0 radical (unpaired) electrons. The van der Waals surface area contributed by atoms with Crippen LogP contribution in [0, 0.1) is 0 Å². The van der Waals surface area contributed by atoms with E-state index in [1.807, 2.05) is 42.2 Å². The van der Waals surface area contributed by atoms with E-state index < -0.39 is 11.8 Å². The van der Waals surface area contributed by atoms with Crippen molar-refractivity contribution < 1.29 is 23.9 Å². The Morgan fingerprint density at radius 2 is 1.74 bits per heavy atom. The Hall–Kier alpha value is -3.39. The predicted molar refractivity (Wildman–Crippen MR) is 131 cm³/mol. The van der Waals surface area contributed by atoms with Crippen molar-refractivity contribution in [3.8, 4) is 5.75 Å². The Morgan fingerprint density at radius 1 is 1.06 bits per heavy atom. The van der Waals surface area contributed by atoms with E-state index in [2.05, 4.69) is 5.32 Å². The highest BCUT2D eigenvalue weighted by Gasteiger charge is 2.54. The van der Waals surface area contributed by atoms with Gasteiger partial charge in [0, 0.05) is 38.0 Å². The molecule has 0 saturated carbocycles. The standard InChI is InChI=1S/C27H33N3O5/c1-3-15-28-25(32)23-19-35-27(30(23)26(33)21-9-11-22(34-2)12-10-21)13-16-29(17-14-27)24(31)18-20-7-5-4-6-8-20/h4-12,23H,3,13-19H2,1-2H3,(H,28,32)/t23-/m1/s1. The third-order valence-electron chi connectivity index (χ3n) is 6.76. The van der Waals surface area contributed by atoms with Crippen LogP contribution in [-0.4, -0.2) is 72.6 Å². The summed E-state index contributed by atoms with van der Waals surface area (Å²) in [6.45, 7) is 3.57. The summed E-state index contributed by atoms with van der Waals surface area (Å²) in [4.78, 5) is 43.0. The largest absolute Gasteiger partial charge is 0.497 e. The molecule has 2 heterocycles. The number of hydrogen-bond acceptors (Lipinski definition) is 5. The van der Waals surface area contributed by atoms with Gasteiger partial charge in [0.15, 0.2) is 0 Å². The number of hydrogen-bond donors (Lipinski definition) is 1. The van der Waals surface area contributed by atoms with Crippen LogP contribution in [-0.2, 0) is 20.7 Å². The summed E-state index contributed by atoms with van der Waals surface area (Å²) in [6.07, 6.45) is 2.04. The topological polar surface area (TPSA) is 88.2 Å². The van der Waals surface area contributed by atoms with Gasteiger partial charge in [0.05, 0.1) is 20.1 Å². The van der Waals surface area contributed by atoms with Gasteiger partial charge in [-0.2, -0.15) is 0 Å². The highest BCUT2D eigenvalue weighted by atomic mass is 16.5. The first kappa shape index (κ1) is 24.7. The number of rotatable bonds is 7. The van der Waals surface area contributed by atoms with Gasteiger partial charge in [-0.25, -0.2) is 0 Å². The van der Waals surface area contributed by atoms with Gasteiger partial charge in [-0.05, 0) is 36.2 Å². The molecule has 1 atom stereocenters. The van der Waals surface area contributed by atoms with Crippen molar-refractivity contribution in [2.75, 3.05) is 33.4 Å². The lowest BCUT2D eigenvalue weighted by molar-refractivity contribution is -0.143. The molecule has 2 aliphatic rings. The lowest BCUT2D eigenvalue weighted by Crippen LogP contribution is -2.60. The van der Waals surface area contributed by atoms with Crippen LogP contribution in [0.3, 0.4) is 0 Å². The van der Waals surface area contributed by atoms with Gasteiger partial charge in [-0.15, -0.1) is 0 Å². The maximum atomic E-state index is 13.7. The molecular formula is C27H33N3O5. The fourth-order valence-corrected chi connectivity index (χ4v) is 4.79. The smallest absolute Gasteiger partial charge is 0.256 e. The molecule has 2 fully saturated rings. The van der Waals surface area contributed by atoms with Gasteiger partial charge in [-0.1, -0.05) is 37.3 Å². The minimum atomic E-state index is -0.922. The second-order valence-electron chi connectivity index (χ2n) is 9.01. The Labute approximate surface area is 206 Å². The minimum absolute atomic E-state index is 0.0503. The van der Waals surface area contributed by atoms with E-state index in [4.69, 9.17) is 9.47 Å². The summed E-state index contributed by atoms with van der Waals surface area (Å²) in [7, 11) is 1.57. The van der Waals surface area contributed by atoms with Crippen molar-refractivity contribution >= 4 is 17.7 Å². The summed E-state index contributed by atoms with van der Waals surface area (Å²) < 4.78 is 11.4. The van der Waals surface area contributed by atoms with Gasteiger partial charge in [0.25, 0.3) is 5.91 Å². The number of benzene rings is 2. The number of nitrogens with one attached hydrogen (secondary N) is 1. The molecular weight excluding hydrogens is 446 g/mol. The fourth-order valence-electron chi connectivity index (χ4n) is 4.79. The molecule has 35 heavy (non-hydrogen) atoms. The molecule has 0 aromatic heterocycles. The van der Waals surface area contributed by atoms with Gasteiger partial charge < -0.3 is 19.7 Å². The van der Waals surface area contributed by atoms with E-state index in [-0.39, 0.29) is 24.3 Å². The summed E-state index contributed by atoms with van der Waals surface area (Å²) in [5.41, 5.74) is 0.514. The number of ether oxygens (including phenoxy) is 2. The molecule has 186 valence electrons. The SMILES string of the molecule is CCCNC(=O)[C@H]1COC2(CCN(C(=O)Cc3ccccc3)CC2)N1C(=O)c1ccc(OC)cc1. The molecule has 0 aliphatic carbocycles. The zero-order chi connectivity index (χ0) is 24.8. The molecule has 1 spiro atoms. The van der Waals surface area contributed by atoms with E-state index >= 15 is 0 Å². The van der Waals surface area contributed by atoms with E-state index in [1.54, 1.807) is 36.3 Å². The van der Waals surface area contributed by atoms with E-state index in [1.165, 1.54) is 0 Å². The number of methoxy groups -OCH3 is 1. The Morgan fingerprint density at radius 3 is 2.37 bits per heavy atom. The predicted octanol–water partition coefficient (Wildman–Crippen LogP) is 2.62. The summed E-state index contributed by atoms with van der Waals surface area (Å²) in [5.74, 6) is 0.227. The molecule has 2 aromatic rings. The molecule has 4 rings (SSSR count). The van der Waals surface area contributed by atoms with Crippen molar-refractivity contribution in [1.29, 1.82) is 0 Å². The first-order valence-electron chi connectivity index (χ1n) is 12.2. The third-order valence-corrected chi connectivity index (χ3v) is 6.76. The average molecular weight is 480 g/mol. The molecule has 0 bridgehead atoms. The number of piperidine rings is 1. The second-order valence-corrected chi connectivity index (χ2v) is 9.01. The third kappa shape index (κ3) is 5.32. The number of carbonyl (C=O) groups is 3. The Balaban J connectivity index is 1.52. The maximum Gasteiger partial charge on any atom is 0.256 e. The highest BCUT2D eigenvalue weighted by Crippen LogP contribution is 2.38. The highest BCUT2D eigenvalue weighted by molar-refractivity contribution is 5.98. The Kier molecular flexibility index (Phi) is 7.70. The lowest BCUT2D eigenvalue weighted by atomic mass is 9.96. The molecule has 2 saturated heterocycles. The zero-order valence-corrected chi connectivity index (χ0v) is 20.4.